The third-order valence-electron chi connectivity index (χ3n) is 3.91. The summed E-state index contributed by atoms with van der Waals surface area (Å²) >= 11 is 0. The molecular formula is C17H24N2. The van der Waals surface area contributed by atoms with Gasteiger partial charge in [-0.15, -0.1) is 0 Å². The Hall–Kier alpha value is -1.41. The second kappa shape index (κ2) is 6.67. The van der Waals surface area contributed by atoms with E-state index in [4.69, 9.17) is 0 Å². The highest BCUT2D eigenvalue weighted by molar-refractivity contribution is 5.78. The van der Waals surface area contributed by atoms with Crippen molar-refractivity contribution in [2.75, 3.05) is 6.54 Å². The van der Waals surface area contributed by atoms with E-state index in [1.54, 1.807) is 0 Å². The minimum Gasteiger partial charge on any atom is -0.310 e. The van der Waals surface area contributed by atoms with Gasteiger partial charge in [-0.2, -0.15) is 0 Å². The lowest BCUT2D eigenvalue weighted by molar-refractivity contribution is 0.346. The molecule has 19 heavy (non-hydrogen) atoms. The Morgan fingerprint density at radius 3 is 2.53 bits per heavy atom. The molecule has 1 aromatic heterocycles. The Labute approximate surface area is 116 Å². The molecule has 0 aliphatic heterocycles. The van der Waals surface area contributed by atoms with E-state index in [9.17, 15) is 0 Å². The van der Waals surface area contributed by atoms with Gasteiger partial charge in [0.05, 0.1) is 5.52 Å². The van der Waals surface area contributed by atoms with Gasteiger partial charge in [-0.3, -0.25) is 4.98 Å². The molecule has 1 unspecified atom stereocenters. The zero-order valence-corrected chi connectivity index (χ0v) is 12.2. The van der Waals surface area contributed by atoms with Crippen molar-refractivity contribution in [3.05, 3.63) is 42.1 Å². The first-order chi connectivity index (χ1) is 9.30. The zero-order valence-electron chi connectivity index (χ0n) is 12.2. The highest BCUT2D eigenvalue weighted by atomic mass is 14.9. The van der Waals surface area contributed by atoms with Gasteiger partial charge in [0.2, 0.25) is 0 Å². The lowest BCUT2D eigenvalue weighted by Crippen LogP contribution is -2.27. The van der Waals surface area contributed by atoms with Gasteiger partial charge in [0.1, 0.15) is 0 Å². The van der Waals surface area contributed by atoms with Crippen LogP contribution in [-0.4, -0.2) is 11.5 Å². The van der Waals surface area contributed by atoms with Gasteiger partial charge in [-0.05, 0) is 30.2 Å². The van der Waals surface area contributed by atoms with Crippen LogP contribution in [0.4, 0.5) is 0 Å². The topological polar surface area (TPSA) is 24.9 Å². The summed E-state index contributed by atoms with van der Waals surface area (Å²) in [4.78, 5) is 4.60. The van der Waals surface area contributed by atoms with E-state index in [0.717, 1.165) is 12.1 Å². The summed E-state index contributed by atoms with van der Waals surface area (Å²) in [6.45, 7) is 7.71. The smallest absolute Gasteiger partial charge is 0.0702 e. The number of aromatic nitrogens is 1. The molecule has 0 radical (unpaired) electrons. The molecule has 1 heterocycles. The van der Waals surface area contributed by atoms with Gasteiger partial charge in [-0.25, -0.2) is 0 Å². The van der Waals surface area contributed by atoms with Crippen molar-refractivity contribution in [2.45, 2.75) is 39.7 Å². The van der Waals surface area contributed by atoms with Crippen molar-refractivity contribution in [2.24, 2.45) is 5.92 Å². The normalized spacial score (nSPS) is 13.1. The fourth-order valence-corrected chi connectivity index (χ4v) is 2.79. The molecule has 2 nitrogen and oxygen atoms in total. The molecule has 0 saturated carbocycles. The van der Waals surface area contributed by atoms with Crippen molar-refractivity contribution in [3.8, 4) is 0 Å². The number of hydrogen-bond donors (Lipinski definition) is 1. The van der Waals surface area contributed by atoms with Crippen LogP contribution in [-0.2, 0) is 0 Å². The van der Waals surface area contributed by atoms with Crippen molar-refractivity contribution < 1.29 is 0 Å². The van der Waals surface area contributed by atoms with Crippen LogP contribution >= 0.6 is 0 Å². The molecule has 0 spiro atoms. The fraction of sp³-hybridized carbons (Fsp3) is 0.471. The van der Waals surface area contributed by atoms with E-state index in [2.05, 4.69) is 55.3 Å². The van der Waals surface area contributed by atoms with Crippen LogP contribution < -0.4 is 5.32 Å². The average molecular weight is 256 g/mol. The standard InChI is InChI=1S/C17H24N2/c1-4-13(5-2)17(18-6-3)15-11-14-9-7-8-10-16(14)19-12-15/h7-13,17-18H,4-6H2,1-3H3. The van der Waals surface area contributed by atoms with Crippen LogP contribution in [0.2, 0.25) is 0 Å². The van der Waals surface area contributed by atoms with Crippen LogP contribution in [0.25, 0.3) is 10.9 Å². The monoisotopic (exact) mass is 256 g/mol. The molecule has 2 heteroatoms. The van der Waals surface area contributed by atoms with Gasteiger partial charge in [0.15, 0.2) is 0 Å². The lowest BCUT2D eigenvalue weighted by Gasteiger charge is -2.26. The summed E-state index contributed by atoms with van der Waals surface area (Å²) < 4.78 is 0. The molecule has 0 amide bonds. The zero-order chi connectivity index (χ0) is 13.7. The third-order valence-corrected chi connectivity index (χ3v) is 3.91. The summed E-state index contributed by atoms with van der Waals surface area (Å²) in [7, 11) is 0. The highest BCUT2D eigenvalue weighted by Gasteiger charge is 2.19. The van der Waals surface area contributed by atoms with E-state index >= 15 is 0 Å². The van der Waals surface area contributed by atoms with Crippen molar-refractivity contribution in [1.29, 1.82) is 0 Å². The molecule has 1 N–H and O–H groups in total. The Bertz CT molecular complexity index is 517. The summed E-state index contributed by atoms with van der Waals surface area (Å²) in [5, 5.41) is 4.86. The second-order valence-electron chi connectivity index (χ2n) is 5.07. The fourth-order valence-electron chi connectivity index (χ4n) is 2.79. The van der Waals surface area contributed by atoms with E-state index in [1.807, 2.05) is 12.3 Å². The van der Waals surface area contributed by atoms with E-state index < -0.39 is 0 Å². The Kier molecular flexibility index (Phi) is 4.92. The maximum absolute atomic E-state index is 4.60. The van der Waals surface area contributed by atoms with E-state index in [0.29, 0.717) is 12.0 Å². The van der Waals surface area contributed by atoms with Crippen LogP contribution in [0.5, 0.6) is 0 Å². The van der Waals surface area contributed by atoms with Crippen LogP contribution in [0.15, 0.2) is 36.5 Å². The maximum atomic E-state index is 4.60. The maximum Gasteiger partial charge on any atom is 0.0702 e. The Morgan fingerprint density at radius 1 is 1.11 bits per heavy atom. The van der Waals surface area contributed by atoms with E-state index in [-0.39, 0.29) is 0 Å². The summed E-state index contributed by atoms with van der Waals surface area (Å²) in [6.07, 6.45) is 4.43. The second-order valence-corrected chi connectivity index (χ2v) is 5.07. The molecule has 0 aliphatic carbocycles. The van der Waals surface area contributed by atoms with Crippen molar-refractivity contribution >= 4 is 10.9 Å². The van der Waals surface area contributed by atoms with E-state index in [1.165, 1.54) is 23.8 Å². The number of para-hydroxylation sites is 1. The van der Waals surface area contributed by atoms with Gasteiger partial charge in [0.25, 0.3) is 0 Å². The molecule has 102 valence electrons. The molecule has 0 bridgehead atoms. The minimum atomic E-state index is 0.414. The van der Waals surface area contributed by atoms with Gasteiger partial charge < -0.3 is 5.32 Å². The first kappa shape index (κ1) is 14.0. The largest absolute Gasteiger partial charge is 0.310 e. The highest BCUT2D eigenvalue weighted by Crippen LogP contribution is 2.28. The minimum absolute atomic E-state index is 0.414. The van der Waals surface area contributed by atoms with Crippen molar-refractivity contribution in [1.82, 2.24) is 10.3 Å². The predicted octanol–water partition coefficient (Wildman–Crippen LogP) is 4.32. The summed E-state index contributed by atoms with van der Waals surface area (Å²) in [5.41, 5.74) is 2.39. The number of fused-ring (bicyclic) bond motifs is 1. The summed E-state index contributed by atoms with van der Waals surface area (Å²) in [6, 6.07) is 11.0. The number of nitrogens with zero attached hydrogens (tertiary/aromatic N) is 1. The quantitative estimate of drug-likeness (QED) is 0.832. The first-order valence-corrected chi connectivity index (χ1v) is 7.38. The molecular weight excluding hydrogens is 232 g/mol. The van der Waals surface area contributed by atoms with Crippen molar-refractivity contribution in [3.63, 3.8) is 0 Å². The molecule has 1 aromatic carbocycles. The molecule has 2 aromatic rings. The number of benzene rings is 1. The van der Waals surface area contributed by atoms with Gasteiger partial charge in [0, 0.05) is 17.6 Å². The number of pyridine rings is 1. The molecule has 0 saturated heterocycles. The lowest BCUT2D eigenvalue weighted by atomic mass is 9.89. The average Bonchev–Trinajstić information content (AvgIpc) is 2.47. The van der Waals surface area contributed by atoms with Gasteiger partial charge >= 0.3 is 0 Å². The number of rotatable bonds is 6. The molecule has 2 rings (SSSR count). The summed E-state index contributed by atoms with van der Waals surface area (Å²) in [5.74, 6) is 0.669. The molecule has 0 aliphatic rings. The number of nitrogens with one attached hydrogen (secondary N) is 1. The Morgan fingerprint density at radius 2 is 1.84 bits per heavy atom. The first-order valence-electron chi connectivity index (χ1n) is 7.38. The Balaban J connectivity index is 2.37. The molecule has 0 fully saturated rings. The predicted molar refractivity (Wildman–Crippen MR) is 82.2 cm³/mol. The van der Waals surface area contributed by atoms with Crippen LogP contribution in [0.3, 0.4) is 0 Å². The molecule has 1 atom stereocenters. The van der Waals surface area contributed by atoms with Crippen LogP contribution in [0, 0.1) is 5.92 Å². The SMILES string of the molecule is CCNC(c1cnc2ccccc2c1)C(CC)CC. The van der Waals surface area contributed by atoms with Crippen LogP contribution in [0.1, 0.15) is 45.2 Å². The number of hydrogen-bond acceptors (Lipinski definition) is 2. The third kappa shape index (κ3) is 3.13. The van der Waals surface area contributed by atoms with Gasteiger partial charge in [-0.1, -0.05) is 51.8 Å².